The van der Waals surface area contributed by atoms with E-state index in [0.717, 1.165) is 32.7 Å². The highest BCUT2D eigenvalue weighted by Gasteiger charge is 2.24. The van der Waals surface area contributed by atoms with Gasteiger partial charge in [0.15, 0.2) is 0 Å². The molecule has 3 aromatic carbocycles. The molecular formula is C31H39N3O2S. The smallest absolute Gasteiger partial charge is 0.211 e. The van der Waals surface area contributed by atoms with Crippen LogP contribution in [-0.2, 0) is 10.0 Å². The Morgan fingerprint density at radius 1 is 0.865 bits per heavy atom. The summed E-state index contributed by atoms with van der Waals surface area (Å²) < 4.78 is 25.4. The second-order valence-corrected chi connectivity index (χ2v) is 11.9. The van der Waals surface area contributed by atoms with Gasteiger partial charge < -0.3 is 0 Å². The van der Waals surface area contributed by atoms with Crippen molar-refractivity contribution in [2.24, 2.45) is 0 Å². The Morgan fingerprint density at radius 2 is 1.41 bits per heavy atom. The molecule has 4 rings (SSSR count). The van der Waals surface area contributed by atoms with Crippen LogP contribution in [0.2, 0.25) is 0 Å². The zero-order chi connectivity index (χ0) is 26.3. The number of aryl methyl sites for hydroxylation is 1. The van der Waals surface area contributed by atoms with Crippen molar-refractivity contribution in [3.63, 3.8) is 0 Å². The topological polar surface area (TPSA) is 43.9 Å². The Bertz CT molecular complexity index is 1210. The Kier molecular flexibility index (Phi) is 9.33. The van der Waals surface area contributed by atoms with E-state index in [1.165, 1.54) is 34.1 Å². The zero-order valence-electron chi connectivity index (χ0n) is 22.3. The summed E-state index contributed by atoms with van der Waals surface area (Å²) in [5.41, 5.74) is 6.24. The summed E-state index contributed by atoms with van der Waals surface area (Å²) in [4.78, 5) is 4.91. The van der Waals surface area contributed by atoms with E-state index in [4.69, 9.17) is 0 Å². The minimum absolute atomic E-state index is 0.252. The average Bonchev–Trinajstić information content (AvgIpc) is 2.91. The third-order valence-corrected chi connectivity index (χ3v) is 8.61. The van der Waals surface area contributed by atoms with Crippen molar-refractivity contribution in [3.05, 3.63) is 113 Å². The van der Waals surface area contributed by atoms with Gasteiger partial charge in [-0.3, -0.25) is 9.80 Å². The molecule has 0 radical (unpaired) electrons. The fourth-order valence-electron chi connectivity index (χ4n) is 4.90. The highest BCUT2D eigenvalue weighted by molar-refractivity contribution is 7.88. The second kappa shape index (κ2) is 12.7. The fraction of sp³-hybridized carbons (Fsp3) is 0.355. The van der Waals surface area contributed by atoms with Crippen molar-refractivity contribution < 1.29 is 8.42 Å². The first-order chi connectivity index (χ1) is 17.8. The van der Waals surface area contributed by atoms with Crippen LogP contribution in [0.4, 0.5) is 0 Å². The lowest BCUT2D eigenvalue weighted by Gasteiger charge is -2.36. The van der Waals surface area contributed by atoms with E-state index in [0.29, 0.717) is 13.1 Å². The monoisotopic (exact) mass is 517 g/mol. The van der Waals surface area contributed by atoms with E-state index in [2.05, 4.69) is 115 Å². The lowest BCUT2D eigenvalue weighted by molar-refractivity contribution is 0.148. The molecule has 6 heteroatoms. The van der Waals surface area contributed by atoms with Crippen molar-refractivity contribution in [1.82, 2.24) is 14.1 Å². The molecule has 1 atom stereocenters. The Labute approximate surface area is 223 Å². The number of nitrogens with zero attached hydrogens (tertiary/aromatic N) is 3. The zero-order valence-corrected chi connectivity index (χ0v) is 23.1. The molecule has 0 aliphatic carbocycles. The molecule has 0 amide bonds. The van der Waals surface area contributed by atoms with E-state index in [1.54, 1.807) is 4.31 Å². The number of hydrogen-bond donors (Lipinski definition) is 0. The number of rotatable bonds is 10. The first-order valence-electron chi connectivity index (χ1n) is 13.1. The van der Waals surface area contributed by atoms with Crippen molar-refractivity contribution in [2.75, 3.05) is 52.1 Å². The van der Waals surface area contributed by atoms with Gasteiger partial charge in [0.05, 0.1) is 6.26 Å². The maximum absolute atomic E-state index is 11.9. The summed E-state index contributed by atoms with van der Waals surface area (Å²) in [7, 11) is -3.12. The van der Waals surface area contributed by atoms with Crippen LogP contribution in [0, 0.1) is 6.92 Å². The van der Waals surface area contributed by atoms with Crippen LogP contribution in [0.25, 0.3) is 5.57 Å². The van der Waals surface area contributed by atoms with Gasteiger partial charge in [0.2, 0.25) is 10.0 Å². The van der Waals surface area contributed by atoms with E-state index in [-0.39, 0.29) is 6.04 Å². The maximum Gasteiger partial charge on any atom is 0.211 e. The third kappa shape index (κ3) is 7.62. The van der Waals surface area contributed by atoms with Crippen molar-refractivity contribution >= 4 is 15.6 Å². The molecule has 1 aliphatic rings. The molecule has 1 aliphatic heterocycles. The minimum Gasteiger partial charge on any atom is -0.299 e. The first-order valence-corrected chi connectivity index (χ1v) is 14.9. The van der Waals surface area contributed by atoms with E-state index in [9.17, 15) is 8.42 Å². The SMILES string of the molecule is Cc1ccc(C(C)N(CC=C(c2ccccc2)c2ccccc2)CCN2CCN(S(C)(=O)=O)CC2)cc1. The van der Waals surface area contributed by atoms with Crippen LogP contribution in [0.3, 0.4) is 0 Å². The van der Waals surface area contributed by atoms with E-state index < -0.39 is 10.0 Å². The Hall–Kier alpha value is -2.77. The number of piperazine rings is 1. The predicted octanol–water partition coefficient (Wildman–Crippen LogP) is 5.07. The third-order valence-electron chi connectivity index (χ3n) is 7.31. The van der Waals surface area contributed by atoms with Crippen LogP contribution >= 0.6 is 0 Å². The van der Waals surface area contributed by atoms with Crippen LogP contribution in [-0.4, -0.2) is 74.6 Å². The van der Waals surface area contributed by atoms with Crippen LogP contribution in [0.5, 0.6) is 0 Å². The number of hydrogen-bond acceptors (Lipinski definition) is 4. The molecule has 1 heterocycles. The Balaban J connectivity index is 1.54. The van der Waals surface area contributed by atoms with Crippen LogP contribution in [0.15, 0.2) is 91.0 Å². The van der Waals surface area contributed by atoms with Gasteiger partial charge in [0.1, 0.15) is 0 Å². The van der Waals surface area contributed by atoms with Gasteiger partial charge in [-0.05, 0) is 36.1 Å². The minimum atomic E-state index is -3.12. The lowest BCUT2D eigenvalue weighted by Crippen LogP contribution is -2.50. The molecule has 3 aromatic rings. The Morgan fingerprint density at radius 3 is 1.92 bits per heavy atom. The average molecular weight is 518 g/mol. The van der Waals surface area contributed by atoms with Crippen LogP contribution in [0.1, 0.15) is 35.2 Å². The van der Waals surface area contributed by atoms with E-state index >= 15 is 0 Å². The van der Waals surface area contributed by atoms with Crippen molar-refractivity contribution in [2.45, 2.75) is 19.9 Å². The maximum atomic E-state index is 11.9. The molecule has 1 fully saturated rings. The summed E-state index contributed by atoms with van der Waals surface area (Å²) in [6.45, 7) is 9.72. The van der Waals surface area contributed by atoms with Crippen LogP contribution < -0.4 is 0 Å². The largest absolute Gasteiger partial charge is 0.299 e. The van der Waals surface area contributed by atoms with Gasteiger partial charge in [0, 0.05) is 51.9 Å². The van der Waals surface area contributed by atoms with Gasteiger partial charge in [-0.1, -0.05) is 96.6 Å². The molecule has 0 saturated carbocycles. The summed E-state index contributed by atoms with van der Waals surface area (Å²) in [5, 5.41) is 0. The van der Waals surface area contributed by atoms with Gasteiger partial charge in [-0.15, -0.1) is 0 Å². The van der Waals surface area contributed by atoms with Crippen molar-refractivity contribution in [1.29, 1.82) is 0 Å². The van der Waals surface area contributed by atoms with Crippen molar-refractivity contribution in [3.8, 4) is 0 Å². The molecule has 0 bridgehead atoms. The van der Waals surface area contributed by atoms with Gasteiger partial charge in [-0.25, -0.2) is 8.42 Å². The fourth-order valence-corrected chi connectivity index (χ4v) is 5.73. The lowest BCUT2D eigenvalue weighted by atomic mass is 9.97. The summed E-state index contributed by atoms with van der Waals surface area (Å²) >= 11 is 0. The molecule has 5 nitrogen and oxygen atoms in total. The molecule has 0 spiro atoms. The number of sulfonamides is 1. The standard InChI is InChI=1S/C31H39N3O2S/c1-26-14-16-28(17-15-26)27(2)33(23-20-32-21-24-34(25-22-32)37(3,35)36)19-18-31(29-10-6-4-7-11-29)30-12-8-5-9-13-30/h4-18,27H,19-25H2,1-3H3. The molecule has 1 saturated heterocycles. The highest BCUT2D eigenvalue weighted by atomic mass is 32.2. The summed E-state index contributed by atoms with van der Waals surface area (Å²) in [6.07, 6.45) is 3.66. The predicted molar refractivity (Wildman–Crippen MR) is 154 cm³/mol. The normalized spacial score (nSPS) is 16.0. The quantitative estimate of drug-likeness (QED) is 0.377. The van der Waals surface area contributed by atoms with Gasteiger partial charge >= 0.3 is 0 Å². The second-order valence-electron chi connectivity index (χ2n) is 9.94. The molecule has 37 heavy (non-hydrogen) atoms. The summed E-state index contributed by atoms with van der Waals surface area (Å²) in [5.74, 6) is 0. The molecule has 1 unspecified atom stereocenters. The first kappa shape index (κ1) is 27.3. The summed E-state index contributed by atoms with van der Waals surface area (Å²) in [6, 6.07) is 30.3. The molecule has 0 N–H and O–H groups in total. The highest BCUT2D eigenvalue weighted by Crippen LogP contribution is 2.26. The molecule has 196 valence electrons. The van der Waals surface area contributed by atoms with E-state index in [1.807, 2.05) is 0 Å². The molecule has 0 aromatic heterocycles. The molecular weight excluding hydrogens is 478 g/mol. The number of benzene rings is 3. The van der Waals surface area contributed by atoms with Gasteiger partial charge in [0.25, 0.3) is 0 Å². The van der Waals surface area contributed by atoms with Gasteiger partial charge in [-0.2, -0.15) is 4.31 Å².